The van der Waals surface area contributed by atoms with E-state index in [4.69, 9.17) is 9.26 Å². The number of fused-ring (bicyclic) bond motifs is 1. The monoisotopic (exact) mass is 600 g/mol. The molecule has 12 heteroatoms. The van der Waals surface area contributed by atoms with Gasteiger partial charge in [0.2, 0.25) is 0 Å². The van der Waals surface area contributed by atoms with Crippen LogP contribution in [0.5, 0.6) is 0 Å². The number of carbonyl (C=O) groups excluding carboxylic acids is 2. The second kappa shape index (κ2) is 11.6. The molecule has 2 heterocycles. The van der Waals surface area contributed by atoms with E-state index in [-0.39, 0.29) is 27.7 Å². The summed E-state index contributed by atoms with van der Waals surface area (Å²) in [6.45, 7) is 4.98. The summed E-state index contributed by atoms with van der Waals surface area (Å²) in [5.41, 5.74) is 2.17. The highest BCUT2D eigenvalue weighted by atomic mass is 32.2. The normalized spacial score (nSPS) is 12.1. The maximum Gasteiger partial charge on any atom is 0.356 e. The minimum atomic E-state index is -3.94. The van der Waals surface area contributed by atoms with Gasteiger partial charge in [-0.2, -0.15) is 0 Å². The lowest BCUT2D eigenvalue weighted by Gasteiger charge is -2.19. The summed E-state index contributed by atoms with van der Waals surface area (Å²) in [6, 6.07) is 21.4. The summed E-state index contributed by atoms with van der Waals surface area (Å²) < 4.78 is 39.2. The van der Waals surface area contributed by atoms with Crippen LogP contribution in [-0.4, -0.2) is 36.1 Å². The summed E-state index contributed by atoms with van der Waals surface area (Å²) in [7, 11) is -2.46. The molecule has 5 rings (SSSR count). The molecule has 0 radical (unpaired) electrons. The Kier molecular flexibility index (Phi) is 7.87. The van der Waals surface area contributed by atoms with Crippen LogP contribution in [0.2, 0.25) is 0 Å². The number of hydrogen-bond donors (Lipinski definition) is 2. The van der Waals surface area contributed by atoms with Gasteiger partial charge in [-0.15, -0.1) is 0 Å². The first kappa shape index (κ1) is 29.3. The predicted molar refractivity (Wildman–Crippen MR) is 161 cm³/mol. The van der Waals surface area contributed by atoms with Gasteiger partial charge in [0.1, 0.15) is 11.5 Å². The number of aryl methyl sites for hydroxylation is 2. The number of esters is 1. The quantitative estimate of drug-likeness (QED) is 0.241. The molecule has 5 aromatic rings. The van der Waals surface area contributed by atoms with E-state index in [0.717, 1.165) is 5.56 Å². The molecule has 3 aromatic carbocycles. The molecule has 0 aliphatic carbocycles. The number of hydrogen-bond acceptors (Lipinski definition) is 8. The Morgan fingerprint density at radius 1 is 0.953 bits per heavy atom. The first-order chi connectivity index (χ1) is 20.4. The number of pyridine rings is 1. The van der Waals surface area contributed by atoms with Gasteiger partial charge >= 0.3 is 5.97 Å². The summed E-state index contributed by atoms with van der Waals surface area (Å²) in [5, 5.41) is 7.26. The molecule has 11 nitrogen and oxygen atoms in total. The van der Waals surface area contributed by atoms with Gasteiger partial charge in [-0.1, -0.05) is 53.2 Å². The lowest BCUT2D eigenvalue weighted by atomic mass is 9.96. The number of anilines is 2. The number of amides is 1. The van der Waals surface area contributed by atoms with Crippen LogP contribution in [0.4, 0.5) is 11.5 Å². The van der Waals surface area contributed by atoms with Crippen LogP contribution >= 0.6 is 0 Å². The number of carbonyl (C=O) groups is 2. The van der Waals surface area contributed by atoms with Crippen molar-refractivity contribution < 1.29 is 27.3 Å². The summed E-state index contributed by atoms with van der Waals surface area (Å²) in [5.74, 6) is -1.01. The molecule has 1 unspecified atom stereocenters. The Labute approximate surface area is 247 Å². The van der Waals surface area contributed by atoms with Gasteiger partial charge in [-0.25, -0.2) is 13.2 Å². The van der Waals surface area contributed by atoms with Gasteiger partial charge in [-0.3, -0.25) is 14.3 Å². The van der Waals surface area contributed by atoms with E-state index in [2.05, 4.69) is 15.2 Å². The average Bonchev–Trinajstić information content (AvgIpc) is 3.39. The molecule has 0 aliphatic rings. The fraction of sp³-hybridized carbons (Fsp3) is 0.161. The van der Waals surface area contributed by atoms with Crippen molar-refractivity contribution in [1.29, 1.82) is 0 Å². The SMILES string of the molecule is Cc1ccc(-c2c(C(=O)OC(C)C(=O)Nc3ccc(S(=O)(=O)Nc4cc(C)on4)cc3)n(C)c(=O)c3ccccc23)cc1. The molecule has 0 fully saturated rings. The number of rotatable bonds is 8. The summed E-state index contributed by atoms with van der Waals surface area (Å²) in [6.07, 6.45) is -1.25. The zero-order chi connectivity index (χ0) is 30.9. The van der Waals surface area contributed by atoms with Crippen LogP contribution in [0.15, 0.2) is 93.1 Å². The Bertz CT molecular complexity index is 2010. The van der Waals surface area contributed by atoms with Gasteiger partial charge in [0.05, 0.1) is 4.90 Å². The highest BCUT2D eigenvalue weighted by molar-refractivity contribution is 7.92. The molecule has 0 aliphatic heterocycles. The van der Waals surface area contributed by atoms with E-state index in [9.17, 15) is 22.8 Å². The maximum atomic E-state index is 13.5. The zero-order valence-corrected chi connectivity index (χ0v) is 24.6. The number of aromatic nitrogens is 2. The Hall–Kier alpha value is -5.23. The Morgan fingerprint density at radius 2 is 1.60 bits per heavy atom. The largest absolute Gasteiger partial charge is 0.448 e. The number of benzene rings is 3. The Balaban J connectivity index is 1.36. The van der Waals surface area contributed by atoms with E-state index in [1.807, 2.05) is 31.2 Å². The number of sulfonamides is 1. The Morgan fingerprint density at radius 3 is 2.23 bits per heavy atom. The van der Waals surface area contributed by atoms with Crippen molar-refractivity contribution in [3.63, 3.8) is 0 Å². The van der Waals surface area contributed by atoms with E-state index >= 15 is 0 Å². The summed E-state index contributed by atoms with van der Waals surface area (Å²) in [4.78, 5) is 39.6. The third-order valence-corrected chi connectivity index (χ3v) is 8.16. The second-order valence-electron chi connectivity index (χ2n) is 9.99. The molecule has 1 amide bonds. The van der Waals surface area contributed by atoms with Crippen molar-refractivity contribution in [1.82, 2.24) is 9.72 Å². The van der Waals surface area contributed by atoms with Crippen molar-refractivity contribution >= 4 is 44.2 Å². The van der Waals surface area contributed by atoms with Crippen molar-refractivity contribution in [3.05, 3.63) is 106 Å². The average molecular weight is 601 g/mol. The van der Waals surface area contributed by atoms with Gasteiger partial charge < -0.3 is 19.1 Å². The van der Waals surface area contributed by atoms with Gasteiger partial charge in [0.15, 0.2) is 11.9 Å². The first-order valence-corrected chi connectivity index (χ1v) is 14.7. The fourth-order valence-electron chi connectivity index (χ4n) is 4.56. The van der Waals surface area contributed by atoms with Crippen molar-refractivity contribution in [2.75, 3.05) is 10.0 Å². The van der Waals surface area contributed by atoms with Gasteiger partial charge in [-0.05, 0) is 62.1 Å². The third kappa shape index (κ3) is 6.04. The van der Waals surface area contributed by atoms with Crippen LogP contribution < -0.4 is 15.6 Å². The second-order valence-corrected chi connectivity index (χ2v) is 11.7. The molecule has 1 atom stereocenters. The highest BCUT2D eigenvalue weighted by Gasteiger charge is 2.26. The molecule has 0 saturated heterocycles. The van der Waals surface area contributed by atoms with Gasteiger partial charge in [0.25, 0.3) is 21.5 Å². The molecule has 0 spiro atoms. The third-order valence-electron chi connectivity index (χ3n) is 6.79. The maximum absolute atomic E-state index is 13.5. The van der Waals surface area contributed by atoms with Crippen LogP contribution in [-0.2, 0) is 26.6 Å². The molecule has 2 aromatic heterocycles. The molecule has 43 heavy (non-hydrogen) atoms. The first-order valence-electron chi connectivity index (χ1n) is 13.2. The molecular formula is C31H28N4O7S. The van der Waals surface area contributed by atoms with Crippen LogP contribution in [0.1, 0.15) is 28.7 Å². The molecule has 0 saturated carbocycles. The standard InChI is InChI=1S/C31H28N4O7S/c1-18-9-11-21(12-10-18)27-24-7-5-6-8-25(24)30(37)35(4)28(27)31(38)41-20(3)29(36)32-22-13-15-23(16-14-22)43(39,40)34-26-17-19(2)42-33-26/h5-17,20H,1-4H3,(H,32,36)(H,33,34). The number of nitrogens with one attached hydrogen (secondary N) is 2. The predicted octanol–water partition coefficient (Wildman–Crippen LogP) is 4.80. The smallest absolute Gasteiger partial charge is 0.356 e. The molecule has 2 N–H and O–H groups in total. The minimum Gasteiger partial charge on any atom is -0.448 e. The van der Waals surface area contributed by atoms with E-state index in [1.165, 1.54) is 48.9 Å². The fourth-order valence-corrected chi connectivity index (χ4v) is 5.54. The van der Waals surface area contributed by atoms with Crippen LogP contribution in [0, 0.1) is 13.8 Å². The van der Waals surface area contributed by atoms with Crippen LogP contribution in [0.25, 0.3) is 21.9 Å². The summed E-state index contributed by atoms with van der Waals surface area (Å²) >= 11 is 0. The van der Waals surface area contributed by atoms with E-state index in [1.54, 1.807) is 31.2 Å². The van der Waals surface area contributed by atoms with Gasteiger partial charge in [0, 0.05) is 29.8 Å². The van der Waals surface area contributed by atoms with Crippen LogP contribution in [0.3, 0.4) is 0 Å². The molecule has 220 valence electrons. The molecular weight excluding hydrogens is 572 g/mol. The zero-order valence-electron chi connectivity index (χ0n) is 23.7. The highest BCUT2D eigenvalue weighted by Crippen LogP contribution is 2.31. The van der Waals surface area contributed by atoms with Crippen molar-refractivity contribution in [3.8, 4) is 11.1 Å². The molecule has 0 bridgehead atoms. The minimum absolute atomic E-state index is 0.0107. The van der Waals surface area contributed by atoms with E-state index in [0.29, 0.717) is 27.7 Å². The van der Waals surface area contributed by atoms with Crippen molar-refractivity contribution in [2.24, 2.45) is 7.05 Å². The van der Waals surface area contributed by atoms with E-state index < -0.39 is 28.0 Å². The number of nitrogens with zero attached hydrogens (tertiary/aromatic N) is 2. The lowest BCUT2D eigenvalue weighted by Crippen LogP contribution is -2.33. The van der Waals surface area contributed by atoms with Crippen molar-refractivity contribution in [2.45, 2.75) is 31.8 Å². The lowest BCUT2D eigenvalue weighted by molar-refractivity contribution is -0.123. The number of ether oxygens (including phenoxy) is 1. The topological polar surface area (TPSA) is 150 Å².